The van der Waals surface area contributed by atoms with Gasteiger partial charge in [-0.15, -0.1) is 0 Å². The summed E-state index contributed by atoms with van der Waals surface area (Å²) in [5, 5.41) is 11.5. The number of hydrogen-bond acceptors (Lipinski definition) is 9. The first-order valence-corrected chi connectivity index (χ1v) is 17.2. The Kier molecular flexibility index (Phi) is 10.9. The molecule has 2 aliphatic heterocycles. The van der Waals surface area contributed by atoms with Crippen molar-refractivity contribution in [2.24, 2.45) is 5.92 Å². The standard InChI is InChI=1S/C38H41N7O7/c1-22(2)16-27-33(47)39-23(3)36-44-30(21-51-36)38(50)45-19-26(40-32(46)15-14-24-10-6-4-7-11-24)18-31(45)35(49)42-28(17-25-12-8-5-9-13-25)37-43-29(20-52-37)34(48)41-27/h4-15,20-23,26-28,31H,16-19H2,1-3H3,(H,39,47)(H,40,46)(H,41,48)(H,42,49)/b15-14+/t23-,26+,27-,28+,31+/m1/s1. The number of oxazole rings is 2. The van der Waals surface area contributed by atoms with Gasteiger partial charge in [0.05, 0.1) is 0 Å². The van der Waals surface area contributed by atoms with Gasteiger partial charge in [-0.2, -0.15) is 0 Å². The van der Waals surface area contributed by atoms with Gasteiger partial charge in [0.25, 0.3) is 11.8 Å². The van der Waals surface area contributed by atoms with Crippen LogP contribution in [-0.4, -0.2) is 69.1 Å². The number of nitrogens with one attached hydrogen (secondary N) is 4. The summed E-state index contributed by atoms with van der Waals surface area (Å²) in [6.45, 7) is 5.50. The Bertz CT molecular complexity index is 1940. The van der Waals surface area contributed by atoms with E-state index >= 15 is 0 Å². The summed E-state index contributed by atoms with van der Waals surface area (Å²) in [7, 11) is 0. The Hall–Kier alpha value is -6.05. The maximum Gasteiger partial charge on any atom is 0.276 e. The lowest BCUT2D eigenvalue weighted by Crippen LogP contribution is -2.48. The predicted molar refractivity (Wildman–Crippen MR) is 188 cm³/mol. The minimum atomic E-state index is -1.03. The number of rotatable bonds is 7. The minimum Gasteiger partial charge on any atom is -0.446 e. The van der Waals surface area contributed by atoms with Crippen molar-refractivity contribution < 1.29 is 32.8 Å². The number of carbonyl (C=O) groups is 5. The lowest BCUT2D eigenvalue weighted by atomic mass is 10.0. The summed E-state index contributed by atoms with van der Waals surface area (Å²) in [4.78, 5) is 78.2. The molecule has 1 fully saturated rings. The molecule has 4 heterocycles. The van der Waals surface area contributed by atoms with Crippen LogP contribution in [0, 0.1) is 5.92 Å². The largest absolute Gasteiger partial charge is 0.446 e. The first kappa shape index (κ1) is 35.8. The molecule has 0 saturated carbocycles. The van der Waals surface area contributed by atoms with Gasteiger partial charge in [-0.3, -0.25) is 24.0 Å². The van der Waals surface area contributed by atoms with E-state index in [1.165, 1.54) is 23.5 Å². The molecule has 4 bridgehead atoms. The van der Waals surface area contributed by atoms with Crippen molar-refractivity contribution in [2.45, 2.75) is 70.2 Å². The third-order valence-corrected chi connectivity index (χ3v) is 8.89. The van der Waals surface area contributed by atoms with Crippen LogP contribution in [0.1, 0.15) is 89.6 Å². The predicted octanol–water partition coefficient (Wildman–Crippen LogP) is 3.51. The fourth-order valence-electron chi connectivity index (χ4n) is 6.31. The van der Waals surface area contributed by atoms with Crippen LogP contribution in [0.5, 0.6) is 0 Å². The number of nitrogens with zero attached hydrogens (tertiary/aromatic N) is 3. The van der Waals surface area contributed by atoms with Crippen molar-refractivity contribution in [3.8, 4) is 0 Å². The number of aromatic nitrogens is 2. The van der Waals surface area contributed by atoms with E-state index in [0.717, 1.165) is 11.1 Å². The summed E-state index contributed by atoms with van der Waals surface area (Å²) in [6.07, 6.45) is 6.12. The van der Waals surface area contributed by atoms with Gasteiger partial charge < -0.3 is 35.0 Å². The second kappa shape index (κ2) is 15.9. The SMILES string of the molecule is CC(C)C[C@H]1NC(=O)c2coc(n2)[C@H](Cc2ccccc2)NC(=O)[C@@H]2C[C@H](NC(=O)/C=C/c3ccccc3)CN2C(=O)c2coc(n2)[C@@H](C)NC1=O. The first-order chi connectivity index (χ1) is 25.0. The molecule has 4 aromatic rings. The second-order valence-electron chi connectivity index (χ2n) is 13.4. The summed E-state index contributed by atoms with van der Waals surface area (Å²) in [6, 6.07) is 14.5. The van der Waals surface area contributed by atoms with E-state index in [-0.39, 0.29) is 54.4 Å². The molecule has 52 heavy (non-hydrogen) atoms. The maximum absolute atomic E-state index is 14.2. The fourth-order valence-corrected chi connectivity index (χ4v) is 6.31. The highest BCUT2D eigenvalue weighted by Crippen LogP contribution is 2.25. The summed E-state index contributed by atoms with van der Waals surface area (Å²) in [5.41, 5.74) is 1.55. The number of carbonyl (C=O) groups excluding carboxylic acids is 5. The van der Waals surface area contributed by atoms with Crippen LogP contribution < -0.4 is 21.3 Å². The average Bonchev–Trinajstić information content (AvgIpc) is 3.91. The van der Waals surface area contributed by atoms with Crippen LogP contribution in [-0.2, 0) is 20.8 Å². The van der Waals surface area contributed by atoms with Gasteiger partial charge >= 0.3 is 0 Å². The second-order valence-corrected chi connectivity index (χ2v) is 13.4. The van der Waals surface area contributed by atoms with Crippen LogP contribution in [0.4, 0.5) is 0 Å². The van der Waals surface area contributed by atoms with Gasteiger partial charge in [-0.25, -0.2) is 9.97 Å². The first-order valence-electron chi connectivity index (χ1n) is 17.2. The highest BCUT2D eigenvalue weighted by atomic mass is 16.3. The van der Waals surface area contributed by atoms with Crippen LogP contribution in [0.25, 0.3) is 6.08 Å². The van der Waals surface area contributed by atoms with Crippen molar-refractivity contribution >= 4 is 35.6 Å². The maximum atomic E-state index is 14.2. The normalized spacial score (nSPS) is 22.7. The molecule has 5 amide bonds. The van der Waals surface area contributed by atoms with E-state index in [4.69, 9.17) is 8.83 Å². The molecular weight excluding hydrogens is 666 g/mol. The molecule has 2 aromatic heterocycles. The van der Waals surface area contributed by atoms with Crippen molar-refractivity contribution in [3.05, 3.63) is 114 Å². The van der Waals surface area contributed by atoms with Gasteiger partial charge in [0, 0.05) is 25.1 Å². The zero-order valence-corrected chi connectivity index (χ0v) is 29.1. The van der Waals surface area contributed by atoms with Crippen LogP contribution in [0.2, 0.25) is 0 Å². The third-order valence-electron chi connectivity index (χ3n) is 8.89. The van der Waals surface area contributed by atoms with Gasteiger partial charge in [-0.1, -0.05) is 74.5 Å². The molecule has 0 unspecified atom stereocenters. The zero-order chi connectivity index (χ0) is 36.8. The molecular formula is C38H41N7O7. The monoisotopic (exact) mass is 707 g/mol. The van der Waals surface area contributed by atoms with E-state index in [1.54, 1.807) is 13.0 Å². The van der Waals surface area contributed by atoms with Crippen LogP contribution in [0.15, 0.2) is 88.1 Å². The van der Waals surface area contributed by atoms with Gasteiger partial charge in [0.1, 0.15) is 36.7 Å². The Labute approximate surface area is 300 Å². The topological polar surface area (TPSA) is 189 Å². The van der Waals surface area contributed by atoms with Crippen molar-refractivity contribution in [1.29, 1.82) is 0 Å². The molecule has 6 rings (SSSR count). The molecule has 2 aromatic carbocycles. The number of hydrogen-bond donors (Lipinski definition) is 4. The summed E-state index contributed by atoms with van der Waals surface area (Å²) >= 11 is 0. The van der Waals surface area contributed by atoms with E-state index in [2.05, 4.69) is 31.2 Å². The molecule has 5 atom stereocenters. The van der Waals surface area contributed by atoms with Crippen molar-refractivity contribution in [1.82, 2.24) is 36.1 Å². The summed E-state index contributed by atoms with van der Waals surface area (Å²) < 4.78 is 11.4. The molecule has 4 N–H and O–H groups in total. The Morgan fingerprint density at radius 2 is 1.56 bits per heavy atom. The quantitative estimate of drug-likeness (QED) is 0.209. The van der Waals surface area contributed by atoms with Crippen molar-refractivity contribution in [3.63, 3.8) is 0 Å². The van der Waals surface area contributed by atoms with Gasteiger partial charge in [-0.05, 0) is 42.9 Å². The third kappa shape index (κ3) is 8.63. The molecule has 14 nitrogen and oxygen atoms in total. The van der Waals surface area contributed by atoms with E-state index in [9.17, 15) is 24.0 Å². The smallest absolute Gasteiger partial charge is 0.276 e. The molecule has 0 radical (unpaired) electrons. The lowest BCUT2D eigenvalue weighted by Gasteiger charge is -2.25. The molecule has 0 aliphatic carbocycles. The van der Waals surface area contributed by atoms with E-state index in [1.807, 2.05) is 74.5 Å². The van der Waals surface area contributed by atoms with E-state index < -0.39 is 53.8 Å². The van der Waals surface area contributed by atoms with Crippen LogP contribution in [0.3, 0.4) is 0 Å². The number of benzene rings is 2. The molecule has 14 heteroatoms. The fraction of sp³-hybridized carbons (Fsp3) is 0.342. The lowest BCUT2D eigenvalue weighted by molar-refractivity contribution is -0.126. The highest BCUT2D eigenvalue weighted by Gasteiger charge is 2.42. The molecule has 1 saturated heterocycles. The van der Waals surface area contributed by atoms with Crippen LogP contribution >= 0.6 is 0 Å². The highest BCUT2D eigenvalue weighted by molar-refractivity contribution is 5.98. The minimum absolute atomic E-state index is 0.0138. The number of amides is 5. The van der Waals surface area contributed by atoms with Crippen molar-refractivity contribution in [2.75, 3.05) is 6.54 Å². The molecule has 0 spiro atoms. The summed E-state index contributed by atoms with van der Waals surface area (Å²) in [5.74, 6) is -2.41. The Balaban J connectivity index is 1.33. The molecule has 2 aliphatic rings. The average molecular weight is 708 g/mol. The van der Waals surface area contributed by atoms with Gasteiger partial charge in [0.2, 0.25) is 29.5 Å². The Morgan fingerprint density at radius 3 is 2.29 bits per heavy atom. The Morgan fingerprint density at radius 1 is 0.885 bits per heavy atom. The zero-order valence-electron chi connectivity index (χ0n) is 29.1. The van der Waals surface area contributed by atoms with E-state index in [0.29, 0.717) is 6.42 Å². The number of fused-ring (bicyclic) bond motifs is 5. The van der Waals surface area contributed by atoms with Gasteiger partial charge in [0.15, 0.2) is 11.4 Å². The molecule has 270 valence electrons.